The number of nitrogens with zero attached hydrogens (tertiary/aromatic N) is 2. The second-order valence-electron chi connectivity index (χ2n) is 6.74. The topological polar surface area (TPSA) is 59.2 Å². The number of nitrogens with one attached hydrogen (secondary N) is 1. The van der Waals surface area contributed by atoms with E-state index in [-0.39, 0.29) is 24.0 Å². The van der Waals surface area contributed by atoms with Gasteiger partial charge in [0.1, 0.15) is 11.3 Å². The van der Waals surface area contributed by atoms with E-state index in [0.29, 0.717) is 12.5 Å². The van der Waals surface area contributed by atoms with E-state index in [1.54, 1.807) is 7.05 Å². The Morgan fingerprint density at radius 2 is 2.22 bits per heavy atom. The summed E-state index contributed by atoms with van der Waals surface area (Å²) in [4.78, 5) is 6.42. The molecule has 7 heteroatoms. The van der Waals surface area contributed by atoms with Crippen LogP contribution in [-0.2, 0) is 16.0 Å². The summed E-state index contributed by atoms with van der Waals surface area (Å²) in [6, 6.07) is 10.1. The zero-order chi connectivity index (χ0) is 18.2. The van der Waals surface area contributed by atoms with Gasteiger partial charge in [-0.1, -0.05) is 18.2 Å². The minimum Gasteiger partial charge on any atom is -0.459 e. The fraction of sp³-hybridized carbons (Fsp3) is 0.550. The third-order valence-electron chi connectivity index (χ3n) is 4.57. The summed E-state index contributed by atoms with van der Waals surface area (Å²) in [6.07, 6.45) is 2.07. The molecule has 150 valence electrons. The Balaban J connectivity index is 0.00000261. The van der Waals surface area contributed by atoms with Crippen LogP contribution in [0.25, 0.3) is 11.0 Å². The minimum atomic E-state index is 0. The molecule has 1 aromatic heterocycles. The summed E-state index contributed by atoms with van der Waals surface area (Å²) in [5, 5.41) is 4.51. The summed E-state index contributed by atoms with van der Waals surface area (Å²) in [5.74, 6) is 2.36. The summed E-state index contributed by atoms with van der Waals surface area (Å²) < 4.78 is 17.0. The normalized spacial score (nSPS) is 17.1. The van der Waals surface area contributed by atoms with Crippen molar-refractivity contribution >= 4 is 40.9 Å². The van der Waals surface area contributed by atoms with Crippen molar-refractivity contribution in [1.82, 2.24) is 10.2 Å². The number of aliphatic imine (C=N–C) groups is 1. The molecule has 1 aliphatic heterocycles. The van der Waals surface area contributed by atoms with Crippen LogP contribution in [0.4, 0.5) is 0 Å². The van der Waals surface area contributed by atoms with E-state index in [1.165, 1.54) is 0 Å². The van der Waals surface area contributed by atoms with Crippen LogP contribution in [0.5, 0.6) is 0 Å². The van der Waals surface area contributed by atoms with Crippen LogP contribution in [0.2, 0.25) is 0 Å². The van der Waals surface area contributed by atoms with Gasteiger partial charge in [0, 0.05) is 45.2 Å². The maximum atomic E-state index is 5.88. The highest BCUT2D eigenvalue weighted by Crippen LogP contribution is 2.19. The molecule has 1 unspecified atom stereocenters. The summed E-state index contributed by atoms with van der Waals surface area (Å²) in [6.45, 7) is 4.79. The molecule has 0 radical (unpaired) electrons. The third kappa shape index (κ3) is 6.65. The molecule has 0 amide bonds. The average molecular weight is 487 g/mol. The van der Waals surface area contributed by atoms with E-state index < -0.39 is 0 Å². The lowest BCUT2D eigenvalue weighted by molar-refractivity contribution is 0.0887. The molecule has 2 aromatic rings. The van der Waals surface area contributed by atoms with Crippen molar-refractivity contribution in [3.05, 3.63) is 36.1 Å². The molecule has 1 atom stereocenters. The van der Waals surface area contributed by atoms with Crippen molar-refractivity contribution in [2.45, 2.75) is 19.4 Å². The molecular formula is C20H30IN3O3. The first-order chi connectivity index (χ1) is 12.8. The zero-order valence-electron chi connectivity index (χ0n) is 16.1. The second kappa shape index (κ2) is 11.5. The highest BCUT2D eigenvalue weighted by molar-refractivity contribution is 14.0. The smallest absolute Gasteiger partial charge is 0.193 e. The van der Waals surface area contributed by atoms with E-state index in [0.717, 1.165) is 68.5 Å². The molecule has 3 rings (SSSR count). The first-order valence-electron chi connectivity index (χ1n) is 9.31. The van der Waals surface area contributed by atoms with Crippen molar-refractivity contribution in [3.8, 4) is 0 Å². The summed E-state index contributed by atoms with van der Waals surface area (Å²) >= 11 is 0. The fourth-order valence-corrected chi connectivity index (χ4v) is 3.15. The average Bonchev–Trinajstić information content (AvgIpc) is 3.29. The fourth-order valence-electron chi connectivity index (χ4n) is 3.15. The van der Waals surface area contributed by atoms with Gasteiger partial charge in [-0.3, -0.25) is 4.99 Å². The Hall–Kier alpha value is -1.32. The largest absolute Gasteiger partial charge is 0.459 e. The van der Waals surface area contributed by atoms with Gasteiger partial charge in [-0.05, 0) is 25.0 Å². The molecule has 1 aliphatic rings. The number of guanidine groups is 1. The number of fused-ring (bicyclic) bond motifs is 1. The van der Waals surface area contributed by atoms with Gasteiger partial charge in [0.2, 0.25) is 0 Å². The number of para-hydroxylation sites is 1. The Labute approximate surface area is 178 Å². The summed E-state index contributed by atoms with van der Waals surface area (Å²) in [5.41, 5.74) is 0.920. The quantitative estimate of drug-likeness (QED) is 0.268. The Bertz CT molecular complexity index is 680. The van der Waals surface area contributed by atoms with Crippen LogP contribution >= 0.6 is 24.0 Å². The van der Waals surface area contributed by atoms with Crippen LogP contribution in [-0.4, -0.2) is 57.9 Å². The Morgan fingerprint density at radius 1 is 1.37 bits per heavy atom. The van der Waals surface area contributed by atoms with Crippen LogP contribution in [0.3, 0.4) is 0 Å². The van der Waals surface area contributed by atoms with Crippen LogP contribution < -0.4 is 5.32 Å². The molecule has 1 N–H and O–H groups in total. The van der Waals surface area contributed by atoms with Crippen LogP contribution in [0.1, 0.15) is 18.6 Å². The van der Waals surface area contributed by atoms with Crippen molar-refractivity contribution < 1.29 is 13.9 Å². The minimum absolute atomic E-state index is 0. The highest BCUT2D eigenvalue weighted by atomic mass is 127. The molecule has 2 heterocycles. The number of benzene rings is 1. The van der Waals surface area contributed by atoms with E-state index in [9.17, 15) is 0 Å². The van der Waals surface area contributed by atoms with Crippen LogP contribution in [0, 0.1) is 5.92 Å². The van der Waals surface area contributed by atoms with Crippen molar-refractivity contribution in [1.29, 1.82) is 0 Å². The molecule has 0 spiro atoms. The van der Waals surface area contributed by atoms with Gasteiger partial charge >= 0.3 is 0 Å². The lowest BCUT2D eigenvalue weighted by atomic mass is 10.1. The predicted octanol–water partition coefficient (Wildman–Crippen LogP) is 3.50. The Morgan fingerprint density at radius 3 is 2.96 bits per heavy atom. The van der Waals surface area contributed by atoms with Gasteiger partial charge < -0.3 is 24.1 Å². The van der Waals surface area contributed by atoms with Crippen molar-refractivity contribution in [3.63, 3.8) is 0 Å². The molecule has 6 nitrogen and oxygen atoms in total. The van der Waals surface area contributed by atoms with E-state index in [2.05, 4.69) is 27.3 Å². The lowest BCUT2D eigenvalue weighted by Crippen LogP contribution is -2.39. The standard InChI is InChI=1S/C20H29N3O3.HI/c1-21-20(22-9-5-10-24-14-16-8-11-25-15-16)23(2)13-18-12-17-6-3-4-7-19(17)26-18;/h3-4,6-7,12,16H,5,8-11,13-15H2,1-2H3,(H,21,22);1H. The molecule has 0 saturated carbocycles. The maximum Gasteiger partial charge on any atom is 0.193 e. The molecule has 0 bridgehead atoms. The monoisotopic (exact) mass is 487 g/mol. The molecule has 1 aromatic carbocycles. The maximum absolute atomic E-state index is 5.88. The van der Waals surface area contributed by atoms with E-state index in [4.69, 9.17) is 13.9 Å². The van der Waals surface area contributed by atoms with Gasteiger partial charge in [-0.2, -0.15) is 0 Å². The SMILES string of the molecule is CN=C(NCCCOCC1CCOC1)N(C)Cc1cc2ccccc2o1.I. The third-order valence-corrected chi connectivity index (χ3v) is 4.57. The predicted molar refractivity (Wildman–Crippen MR) is 119 cm³/mol. The lowest BCUT2D eigenvalue weighted by Gasteiger charge is -2.21. The van der Waals surface area contributed by atoms with Gasteiger partial charge in [0.15, 0.2) is 5.96 Å². The highest BCUT2D eigenvalue weighted by Gasteiger charge is 2.15. The molecule has 1 saturated heterocycles. The van der Waals surface area contributed by atoms with Gasteiger partial charge in [-0.15, -0.1) is 24.0 Å². The van der Waals surface area contributed by atoms with Gasteiger partial charge in [-0.25, -0.2) is 0 Å². The number of hydrogen-bond acceptors (Lipinski definition) is 4. The number of halogens is 1. The van der Waals surface area contributed by atoms with E-state index >= 15 is 0 Å². The number of ether oxygens (including phenoxy) is 2. The second-order valence-corrected chi connectivity index (χ2v) is 6.74. The molecule has 1 fully saturated rings. The van der Waals surface area contributed by atoms with E-state index in [1.807, 2.05) is 25.2 Å². The van der Waals surface area contributed by atoms with Crippen molar-refractivity contribution in [2.75, 3.05) is 47.1 Å². The molecular weight excluding hydrogens is 457 g/mol. The number of rotatable bonds is 8. The Kier molecular flexibility index (Phi) is 9.36. The molecule has 0 aliphatic carbocycles. The van der Waals surface area contributed by atoms with Gasteiger partial charge in [0.25, 0.3) is 0 Å². The number of hydrogen-bond donors (Lipinski definition) is 1. The van der Waals surface area contributed by atoms with Gasteiger partial charge in [0.05, 0.1) is 19.8 Å². The zero-order valence-corrected chi connectivity index (χ0v) is 18.5. The number of furan rings is 1. The van der Waals surface area contributed by atoms with Crippen molar-refractivity contribution in [2.24, 2.45) is 10.9 Å². The molecule has 27 heavy (non-hydrogen) atoms. The first kappa shape index (κ1) is 22.0. The van der Waals surface area contributed by atoms with Crippen LogP contribution in [0.15, 0.2) is 39.7 Å². The first-order valence-corrected chi connectivity index (χ1v) is 9.31. The summed E-state index contributed by atoms with van der Waals surface area (Å²) in [7, 11) is 3.81.